The van der Waals surface area contributed by atoms with Gasteiger partial charge in [-0.3, -0.25) is 4.79 Å². The van der Waals surface area contributed by atoms with E-state index in [2.05, 4.69) is 5.32 Å². The van der Waals surface area contributed by atoms with E-state index in [9.17, 15) is 4.79 Å². The van der Waals surface area contributed by atoms with E-state index in [1.807, 2.05) is 32.9 Å². The fraction of sp³-hybridized carbons (Fsp3) is 0.462. The summed E-state index contributed by atoms with van der Waals surface area (Å²) in [6.07, 6.45) is 0.303. The van der Waals surface area contributed by atoms with Crippen LogP contribution in [-0.2, 0) is 9.53 Å². The number of benzene rings is 1. The molecule has 4 nitrogen and oxygen atoms in total. The van der Waals surface area contributed by atoms with Gasteiger partial charge in [-0.05, 0) is 38.5 Å². The molecule has 3 N–H and O–H groups in total. The quantitative estimate of drug-likeness (QED) is 0.789. The number of amides is 1. The molecule has 1 aromatic carbocycles. The summed E-state index contributed by atoms with van der Waals surface area (Å²) >= 11 is 0. The van der Waals surface area contributed by atoms with Crippen LogP contribution in [0, 0.1) is 6.92 Å². The largest absolute Gasteiger partial charge is 0.399 e. The normalized spacial score (nSPS) is 11.3. The summed E-state index contributed by atoms with van der Waals surface area (Å²) in [4.78, 5) is 11.8. The van der Waals surface area contributed by atoms with E-state index < -0.39 is 5.60 Å². The van der Waals surface area contributed by atoms with Gasteiger partial charge >= 0.3 is 0 Å². The first-order valence-electron chi connectivity index (χ1n) is 5.55. The van der Waals surface area contributed by atoms with Crippen molar-refractivity contribution in [2.75, 3.05) is 18.2 Å². The van der Waals surface area contributed by atoms with Gasteiger partial charge in [-0.15, -0.1) is 0 Å². The molecule has 17 heavy (non-hydrogen) atoms. The molecule has 0 heterocycles. The zero-order valence-electron chi connectivity index (χ0n) is 10.8. The Morgan fingerprint density at radius 2 is 2.12 bits per heavy atom. The van der Waals surface area contributed by atoms with Gasteiger partial charge in [0, 0.05) is 18.5 Å². The minimum Gasteiger partial charge on any atom is -0.399 e. The maximum Gasteiger partial charge on any atom is 0.227 e. The summed E-state index contributed by atoms with van der Waals surface area (Å²) in [5.41, 5.74) is 7.60. The highest BCUT2D eigenvalue weighted by atomic mass is 16.5. The molecule has 1 amide bonds. The molecular weight excluding hydrogens is 216 g/mol. The van der Waals surface area contributed by atoms with Gasteiger partial charge in [0.1, 0.15) is 0 Å². The van der Waals surface area contributed by atoms with Gasteiger partial charge in [0.05, 0.1) is 12.0 Å². The first kappa shape index (κ1) is 13.5. The molecule has 0 saturated carbocycles. The van der Waals surface area contributed by atoms with E-state index in [1.165, 1.54) is 0 Å². The van der Waals surface area contributed by atoms with Crippen molar-refractivity contribution in [1.82, 2.24) is 0 Å². The van der Waals surface area contributed by atoms with Crippen LogP contribution in [0.5, 0.6) is 0 Å². The Labute approximate surface area is 102 Å². The van der Waals surface area contributed by atoms with Crippen molar-refractivity contribution in [2.45, 2.75) is 32.8 Å². The van der Waals surface area contributed by atoms with Crippen molar-refractivity contribution in [3.63, 3.8) is 0 Å². The molecule has 4 heteroatoms. The number of ether oxygens (including phenoxy) is 1. The minimum atomic E-state index is -0.460. The zero-order valence-corrected chi connectivity index (χ0v) is 10.8. The van der Waals surface area contributed by atoms with Crippen molar-refractivity contribution in [3.8, 4) is 0 Å². The average molecular weight is 236 g/mol. The van der Waals surface area contributed by atoms with E-state index in [0.717, 1.165) is 11.3 Å². The van der Waals surface area contributed by atoms with Crippen molar-refractivity contribution < 1.29 is 9.53 Å². The molecule has 0 saturated heterocycles. The highest BCUT2D eigenvalue weighted by Crippen LogP contribution is 2.20. The number of aryl methyl sites for hydroxylation is 1. The van der Waals surface area contributed by atoms with Crippen LogP contribution in [0.15, 0.2) is 18.2 Å². The van der Waals surface area contributed by atoms with E-state index in [-0.39, 0.29) is 5.91 Å². The first-order chi connectivity index (χ1) is 7.84. The third kappa shape index (κ3) is 4.07. The summed E-state index contributed by atoms with van der Waals surface area (Å²) in [5, 5.41) is 2.84. The average Bonchev–Trinajstić information content (AvgIpc) is 2.23. The number of carbonyl (C=O) groups is 1. The Bertz CT molecular complexity index is 414. The smallest absolute Gasteiger partial charge is 0.227 e. The second-order valence-corrected chi connectivity index (χ2v) is 4.76. The van der Waals surface area contributed by atoms with Gasteiger partial charge in [-0.1, -0.05) is 6.07 Å². The lowest BCUT2D eigenvalue weighted by molar-refractivity contribution is -0.121. The van der Waals surface area contributed by atoms with E-state index in [0.29, 0.717) is 12.1 Å². The predicted octanol–water partition coefficient (Wildman–Crippen LogP) is 2.33. The summed E-state index contributed by atoms with van der Waals surface area (Å²) in [5.74, 6) is -0.0782. The van der Waals surface area contributed by atoms with Crippen molar-refractivity contribution in [1.29, 1.82) is 0 Å². The predicted molar refractivity (Wildman–Crippen MR) is 69.9 cm³/mol. The molecule has 0 aromatic heterocycles. The molecule has 1 rings (SSSR count). The molecule has 0 aliphatic rings. The fourth-order valence-electron chi connectivity index (χ4n) is 1.43. The van der Waals surface area contributed by atoms with Crippen LogP contribution in [0.2, 0.25) is 0 Å². The van der Waals surface area contributed by atoms with Crippen molar-refractivity contribution >= 4 is 17.3 Å². The van der Waals surface area contributed by atoms with Gasteiger partial charge in [-0.2, -0.15) is 0 Å². The van der Waals surface area contributed by atoms with Crippen LogP contribution in [-0.4, -0.2) is 18.6 Å². The molecule has 0 fully saturated rings. The molecule has 94 valence electrons. The number of nitrogen functional groups attached to an aromatic ring is 1. The zero-order chi connectivity index (χ0) is 13.1. The third-order valence-electron chi connectivity index (χ3n) is 2.67. The van der Waals surface area contributed by atoms with Gasteiger partial charge in [0.15, 0.2) is 0 Å². The highest BCUT2D eigenvalue weighted by Gasteiger charge is 2.21. The van der Waals surface area contributed by atoms with E-state index in [4.69, 9.17) is 10.5 Å². The van der Waals surface area contributed by atoms with Gasteiger partial charge < -0.3 is 15.8 Å². The molecule has 0 bridgehead atoms. The summed E-state index contributed by atoms with van der Waals surface area (Å²) < 4.78 is 5.21. The van der Waals surface area contributed by atoms with Gasteiger partial charge in [-0.25, -0.2) is 0 Å². The van der Waals surface area contributed by atoms with Crippen molar-refractivity contribution in [3.05, 3.63) is 23.8 Å². The summed E-state index contributed by atoms with van der Waals surface area (Å²) in [7, 11) is 1.60. The number of nitrogens with two attached hydrogens (primary N) is 1. The number of hydrogen-bond acceptors (Lipinski definition) is 3. The molecule has 0 aliphatic carbocycles. The Morgan fingerprint density at radius 3 is 2.71 bits per heavy atom. The Morgan fingerprint density at radius 1 is 1.47 bits per heavy atom. The number of hydrogen-bond donors (Lipinski definition) is 2. The van der Waals surface area contributed by atoms with Crippen LogP contribution in [0.1, 0.15) is 25.8 Å². The number of methoxy groups -OCH3 is 1. The maximum atomic E-state index is 11.8. The molecule has 0 spiro atoms. The number of nitrogens with one attached hydrogen (secondary N) is 1. The molecule has 0 radical (unpaired) electrons. The number of carbonyl (C=O) groups excluding carboxylic acids is 1. The molecule has 0 atom stereocenters. The molecule has 1 aromatic rings. The Hall–Kier alpha value is -1.55. The Kier molecular flexibility index (Phi) is 4.12. The highest BCUT2D eigenvalue weighted by molar-refractivity contribution is 5.92. The van der Waals surface area contributed by atoms with Gasteiger partial charge in [0.2, 0.25) is 5.91 Å². The summed E-state index contributed by atoms with van der Waals surface area (Å²) in [6, 6.07) is 5.45. The lowest BCUT2D eigenvalue weighted by atomic mass is 10.0. The lowest BCUT2D eigenvalue weighted by Crippen LogP contribution is -2.29. The van der Waals surface area contributed by atoms with Crippen LogP contribution in [0.4, 0.5) is 11.4 Å². The first-order valence-corrected chi connectivity index (χ1v) is 5.55. The second kappa shape index (κ2) is 5.19. The van der Waals surface area contributed by atoms with Crippen LogP contribution < -0.4 is 11.1 Å². The molecule has 0 unspecified atom stereocenters. The monoisotopic (exact) mass is 236 g/mol. The third-order valence-corrected chi connectivity index (χ3v) is 2.67. The number of anilines is 2. The lowest BCUT2D eigenvalue weighted by Gasteiger charge is -2.22. The maximum absolute atomic E-state index is 11.8. The second-order valence-electron chi connectivity index (χ2n) is 4.76. The van der Waals surface area contributed by atoms with Crippen LogP contribution >= 0.6 is 0 Å². The molecular formula is C13H20N2O2. The Balaban J connectivity index is 2.71. The van der Waals surface area contributed by atoms with E-state index in [1.54, 1.807) is 13.2 Å². The van der Waals surface area contributed by atoms with E-state index >= 15 is 0 Å². The fourth-order valence-corrected chi connectivity index (χ4v) is 1.43. The standard InChI is InChI=1S/C13H20N2O2/c1-9-5-6-10(14)7-11(9)15-12(16)8-13(2,3)17-4/h5-7H,8,14H2,1-4H3,(H,15,16). The SMILES string of the molecule is COC(C)(C)CC(=O)Nc1cc(N)ccc1C. The van der Waals surface area contributed by atoms with Crippen LogP contribution in [0.25, 0.3) is 0 Å². The minimum absolute atomic E-state index is 0.0782. The summed E-state index contributed by atoms with van der Waals surface area (Å²) in [6.45, 7) is 5.67. The number of rotatable bonds is 4. The van der Waals surface area contributed by atoms with Gasteiger partial charge in [0.25, 0.3) is 0 Å². The topological polar surface area (TPSA) is 64.3 Å². The van der Waals surface area contributed by atoms with Crippen molar-refractivity contribution in [2.24, 2.45) is 0 Å². The van der Waals surface area contributed by atoms with Crippen LogP contribution in [0.3, 0.4) is 0 Å². The molecule has 0 aliphatic heterocycles.